The largest absolute Gasteiger partial charge is 0.460 e. The maximum atomic E-state index is 11.7. The molecule has 3 rings (SSSR count). The van der Waals surface area contributed by atoms with Crippen molar-refractivity contribution >= 4 is 29.7 Å². The molecular formula is C24H27N5O3. The zero-order chi connectivity index (χ0) is 23.0. The monoisotopic (exact) mass is 433 g/mol. The Morgan fingerprint density at radius 2 is 1.97 bits per heavy atom. The van der Waals surface area contributed by atoms with Gasteiger partial charge >= 0.3 is 5.97 Å². The third-order valence-corrected chi connectivity index (χ3v) is 4.28. The number of hydrogen-bond acceptors (Lipinski definition) is 8. The zero-order valence-corrected chi connectivity index (χ0v) is 18.5. The normalized spacial score (nSPS) is 11.0. The van der Waals surface area contributed by atoms with E-state index in [1.165, 1.54) is 0 Å². The summed E-state index contributed by atoms with van der Waals surface area (Å²) in [6, 6.07) is 12.7. The number of carbonyl (C=O) groups excluding carboxylic acids is 2. The highest BCUT2D eigenvalue weighted by Crippen LogP contribution is 2.20. The number of ether oxygens (including phenoxy) is 1. The molecule has 0 aliphatic rings. The van der Waals surface area contributed by atoms with Gasteiger partial charge in [-0.3, -0.25) is 9.59 Å². The molecule has 0 aliphatic heterocycles. The van der Waals surface area contributed by atoms with Crippen molar-refractivity contribution in [2.75, 3.05) is 17.2 Å². The molecular weight excluding hydrogens is 406 g/mol. The third kappa shape index (κ3) is 7.16. The summed E-state index contributed by atoms with van der Waals surface area (Å²) < 4.78 is 5.30. The van der Waals surface area contributed by atoms with Gasteiger partial charge in [0.05, 0.1) is 5.69 Å². The van der Waals surface area contributed by atoms with E-state index in [0.29, 0.717) is 30.9 Å². The maximum absolute atomic E-state index is 11.7. The molecule has 8 nitrogen and oxygen atoms in total. The third-order valence-electron chi connectivity index (χ3n) is 4.28. The number of nitrogens with one attached hydrogen (secondary N) is 2. The van der Waals surface area contributed by atoms with Crippen LogP contribution in [0.15, 0.2) is 54.9 Å². The lowest BCUT2D eigenvalue weighted by molar-refractivity contribution is -0.154. The smallest absolute Gasteiger partial charge is 0.306 e. The summed E-state index contributed by atoms with van der Waals surface area (Å²) in [7, 11) is 0. The quantitative estimate of drug-likeness (QED) is 0.286. The Morgan fingerprint density at radius 1 is 1.12 bits per heavy atom. The minimum atomic E-state index is -0.460. The molecule has 0 bridgehead atoms. The van der Waals surface area contributed by atoms with Gasteiger partial charge in [0.2, 0.25) is 5.95 Å². The number of pyridine rings is 1. The van der Waals surface area contributed by atoms with Gasteiger partial charge < -0.3 is 15.4 Å². The Balaban J connectivity index is 1.55. The van der Waals surface area contributed by atoms with Gasteiger partial charge in [0.15, 0.2) is 0 Å². The minimum Gasteiger partial charge on any atom is -0.460 e. The molecule has 0 saturated carbocycles. The Morgan fingerprint density at radius 3 is 2.69 bits per heavy atom. The van der Waals surface area contributed by atoms with Crippen molar-refractivity contribution in [3.05, 3.63) is 60.4 Å². The fourth-order valence-electron chi connectivity index (χ4n) is 2.89. The number of hydrogen-bond donors (Lipinski definition) is 2. The van der Waals surface area contributed by atoms with Crippen LogP contribution in [0.3, 0.4) is 0 Å². The molecule has 0 fully saturated rings. The average molecular weight is 434 g/mol. The first-order valence-corrected chi connectivity index (χ1v) is 10.4. The maximum Gasteiger partial charge on any atom is 0.306 e. The van der Waals surface area contributed by atoms with E-state index >= 15 is 0 Å². The summed E-state index contributed by atoms with van der Waals surface area (Å²) in [5, 5.41) is 6.31. The Bertz CT molecular complexity index is 1060. The van der Waals surface area contributed by atoms with Crippen molar-refractivity contribution < 1.29 is 14.3 Å². The minimum absolute atomic E-state index is 0.200. The number of esters is 1. The van der Waals surface area contributed by atoms with E-state index in [4.69, 9.17) is 4.74 Å². The molecule has 0 radical (unpaired) electrons. The summed E-state index contributed by atoms with van der Waals surface area (Å²) >= 11 is 0. The molecule has 0 unspecified atom stereocenters. The van der Waals surface area contributed by atoms with Crippen LogP contribution in [0, 0.1) is 0 Å². The Hall–Kier alpha value is -3.81. The highest BCUT2D eigenvalue weighted by atomic mass is 16.6. The predicted molar refractivity (Wildman–Crippen MR) is 124 cm³/mol. The van der Waals surface area contributed by atoms with Gasteiger partial charge in [-0.1, -0.05) is 12.1 Å². The molecule has 0 aliphatic carbocycles. The summed E-state index contributed by atoms with van der Waals surface area (Å²) in [4.78, 5) is 35.9. The molecule has 3 aromatic rings. The molecule has 2 heterocycles. The number of aldehydes is 1. The second kappa shape index (κ2) is 10.5. The van der Waals surface area contributed by atoms with Crippen LogP contribution in [0.1, 0.15) is 44.0 Å². The van der Waals surface area contributed by atoms with E-state index in [-0.39, 0.29) is 5.97 Å². The van der Waals surface area contributed by atoms with Gasteiger partial charge in [-0.25, -0.2) is 15.0 Å². The van der Waals surface area contributed by atoms with Crippen molar-refractivity contribution in [2.24, 2.45) is 0 Å². The lowest BCUT2D eigenvalue weighted by Gasteiger charge is -2.19. The van der Waals surface area contributed by atoms with Crippen molar-refractivity contribution in [3.63, 3.8) is 0 Å². The summed E-state index contributed by atoms with van der Waals surface area (Å²) in [5.74, 6) is 0.944. The molecule has 2 N–H and O–H groups in total. The van der Waals surface area contributed by atoms with E-state index in [9.17, 15) is 9.59 Å². The van der Waals surface area contributed by atoms with Crippen LogP contribution in [0.25, 0.3) is 11.3 Å². The van der Waals surface area contributed by atoms with Gasteiger partial charge in [-0.2, -0.15) is 0 Å². The van der Waals surface area contributed by atoms with Crippen LogP contribution >= 0.6 is 0 Å². The van der Waals surface area contributed by atoms with Gasteiger partial charge in [-0.05, 0) is 57.5 Å². The molecule has 0 amide bonds. The fourth-order valence-corrected chi connectivity index (χ4v) is 2.89. The number of nitrogens with zero attached hydrogens (tertiary/aromatic N) is 3. The molecule has 0 spiro atoms. The Kier molecular flexibility index (Phi) is 7.49. The average Bonchev–Trinajstić information content (AvgIpc) is 2.76. The Labute approximate surface area is 187 Å². The van der Waals surface area contributed by atoms with E-state index in [1.54, 1.807) is 36.7 Å². The lowest BCUT2D eigenvalue weighted by Crippen LogP contribution is -2.24. The van der Waals surface area contributed by atoms with E-state index in [0.717, 1.165) is 29.0 Å². The van der Waals surface area contributed by atoms with E-state index in [1.807, 2.05) is 39.0 Å². The summed E-state index contributed by atoms with van der Waals surface area (Å²) in [6.45, 7) is 6.19. The van der Waals surface area contributed by atoms with Crippen LogP contribution in [0.5, 0.6) is 0 Å². The van der Waals surface area contributed by atoms with E-state index in [2.05, 4.69) is 25.6 Å². The van der Waals surface area contributed by atoms with Gasteiger partial charge in [-0.15, -0.1) is 0 Å². The molecule has 0 saturated heterocycles. The topological polar surface area (TPSA) is 106 Å². The standard InChI is InChI=1S/C24H27N5O3/c1-24(2,3)32-22(31)8-5-12-25-21-10-9-18(15-27-21)20-11-13-26-23(29-20)28-19-7-4-6-17(14-19)16-30/h4,6-7,9-11,13-16H,5,8,12H2,1-3H3,(H,25,27)(H,26,28,29). The van der Waals surface area contributed by atoms with Crippen molar-refractivity contribution in [2.45, 2.75) is 39.2 Å². The first-order valence-electron chi connectivity index (χ1n) is 10.4. The predicted octanol–water partition coefficient (Wildman–Crippen LogP) is 4.63. The van der Waals surface area contributed by atoms with Gasteiger partial charge in [0.1, 0.15) is 17.7 Å². The number of carbonyl (C=O) groups is 2. The van der Waals surface area contributed by atoms with E-state index < -0.39 is 5.60 Å². The van der Waals surface area contributed by atoms with Crippen LogP contribution in [-0.2, 0) is 9.53 Å². The highest BCUT2D eigenvalue weighted by Gasteiger charge is 2.15. The molecule has 2 aromatic heterocycles. The summed E-state index contributed by atoms with van der Waals surface area (Å²) in [5.41, 5.74) is 2.41. The first-order chi connectivity index (χ1) is 15.3. The van der Waals surface area contributed by atoms with Crippen LogP contribution in [0.2, 0.25) is 0 Å². The first kappa shape index (κ1) is 22.9. The van der Waals surface area contributed by atoms with Crippen molar-refractivity contribution in [3.8, 4) is 11.3 Å². The second-order valence-electron chi connectivity index (χ2n) is 8.18. The molecule has 32 heavy (non-hydrogen) atoms. The number of anilines is 3. The van der Waals surface area contributed by atoms with Crippen LogP contribution in [0.4, 0.5) is 17.5 Å². The van der Waals surface area contributed by atoms with Gasteiger partial charge in [0, 0.05) is 42.2 Å². The van der Waals surface area contributed by atoms with Gasteiger partial charge in [0.25, 0.3) is 0 Å². The SMILES string of the molecule is CC(C)(C)OC(=O)CCCNc1ccc(-c2ccnc(Nc3cccc(C=O)c3)n2)cn1. The van der Waals surface area contributed by atoms with Crippen LogP contribution < -0.4 is 10.6 Å². The zero-order valence-electron chi connectivity index (χ0n) is 18.5. The van der Waals surface area contributed by atoms with Crippen LogP contribution in [-0.4, -0.2) is 39.4 Å². The highest BCUT2D eigenvalue weighted by molar-refractivity contribution is 5.77. The molecule has 8 heteroatoms. The summed E-state index contributed by atoms with van der Waals surface area (Å²) in [6.07, 6.45) is 5.20. The molecule has 166 valence electrons. The number of aromatic nitrogens is 3. The van der Waals surface area contributed by atoms with Crippen molar-refractivity contribution in [1.29, 1.82) is 0 Å². The number of benzene rings is 1. The fraction of sp³-hybridized carbons (Fsp3) is 0.292. The molecule has 1 aromatic carbocycles. The second-order valence-corrected chi connectivity index (χ2v) is 8.18. The number of rotatable bonds is 9. The lowest BCUT2D eigenvalue weighted by atomic mass is 10.2. The molecule has 0 atom stereocenters. The van der Waals surface area contributed by atoms with Crippen molar-refractivity contribution in [1.82, 2.24) is 15.0 Å².